The number of ether oxygens (including phenoxy) is 3. The molecule has 0 amide bonds. The van der Waals surface area contributed by atoms with Crippen molar-refractivity contribution in [1.29, 1.82) is 0 Å². The lowest BCUT2D eigenvalue weighted by molar-refractivity contribution is -0.143. The molecule has 1 aliphatic rings. The molecule has 1 saturated heterocycles. The van der Waals surface area contributed by atoms with Crippen molar-refractivity contribution in [1.82, 2.24) is 10.6 Å². The molecule has 2 rings (SSSR count). The monoisotopic (exact) mass is 391 g/mol. The third-order valence-electron chi connectivity index (χ3n) is 4.31. The zero-order chi connectivity index (χ0) is 20.2. The molecular weight excluding hydrogens is 358 g/mol. The number of benzene rings is 1. The average molecular weight is 392 g/mol. The second-order valence-electron chi connectivity index (χ2n) is 6.75. The van der Waals surface area contributed by atoms with E-state index in [1.54, 1.807) is 0 Å². The molecule has 1 aliphatic heterocycles. The average Bonchev–Trinajstić information content (AvgIpc) is 3.17. The lowest BCUT2D eigenvalue weighted by Gasteiger charge is -2.16. The molecule has 1 fully saturated rings. The van der Waals surface area contributed by atoms with Gasteiger partial charge in [0.25, 0.3) is 0 Å². The fraction of sp³-hybridized carbons (Fsp3) is 0.619. The lowest BCUT2D eigenvalue weighted by Crippen LogP contribution is -2.37. The van der Waals surface area contributed by atoms with Crippen molar-refractivity contribution < 1.29 is 19.0 Å². The van der Waals surface area contributed by atoms with Crippen molar-refractivity contribution in [2.75, 3.05) is 32.9 Å². The van der Waals surface area contributed by atoms with Crippen LogP contribution in [0.25, 0.3) is 0 Å². The molecule has 7 nitrogen and oxygen atoms in total. The zero-order valence-corrected chi connectivity index (χ0v) is 17.3. The summed E-state index contributed by atoms with van der Waals surface area (Å²) in [6.07, 6.45) is 2.13. The Labute approximate surface area is 167 Å². The largest absolute Gasteiger partial charge is 0.488 e. The van der Waals surface area contributed by atoms with Gasteiger partial charge in [-0.05, 0) is 38.8 Å². The Bertz CT molecular complexity index is 643. The van der Waals surface area contributed by atoms with Crippen LogP contribution in [0.15, 0.2) is 23.2 Å². The Morgan fingerprint density at radius 2 is 2.18 bits per heavy atom. The molecule has 2 N–H and O–H groups in total. The SMILES string of the molecule is CCNC(=NCc1ccc(C)cc1OC1CCOC1)NCCCC(=O)OCC. The van der Waals surface area contributed by atoms with E-state index in [1.165, 1.54) is 0 Å². The predicted octanol–water partition coefficient (Wildman–Crippen LogP) is 2.56. The number of carbonyl (C=O) groups is 1. The standard InChI is InChI=1S/C21H33N3O4/c1-4-22-21(23-11-6-7-20(25)27-5-2)24-14-17-9-8-16(3)13-19(17)28-18-10-12-26-15-18/h8-9,13,18H,4-7,10-12,14-15H2,1-3H3,(H2,22,23,24). The van der Waals surface area contributed by atoms with Crippen molar-refractivity contribution in [2.45, 2.75) is 52.7 Å². The van der Waals surface area contributed by atoms with Gasteiger partial charge in [-0.15, -0.1) is 0 Å². The van der Waals surface area contributed by atoms with Crippen molar-refractivity contribution in [3.8, 4) is 5.75 Å². The van der Waals surface area contributed by atoms with E-state index in [2.05, 4.69) is 40.7 Å². The Kier molecular flexibility index (Phi) is 9.62. The molecule has 1 unspecified atom stereocenters. The summed E-state index contributed by atoms with van der Waals surface area (Å²) in [5, 5.41) is 6.49. The van der Waals surface area contributed by atoms with Gasteiger partial charge in [-0.3, -0.25) is 4.79 Å². The summed E-state index contributed by atoms with van der Waals surface area (Å²) >= 11 is 0. The fourth-order valence-electron chi connectivity index (χ4n) is 2.87. The van der Waals surface area contributed by atoms with E-state index in [0.717, 1.165) is 42.4 Å². The predicted molar refractivity (Wildman–Crippen MR) is 110 cm³/mol. The Hall–Kier alpha value is -2.28. The van der Waals surface area contributed by atoms with Crippen LogP contribution < -0.4 is 15.4 Å². The van der Waals surface area contributed by atoms with Crippen LogP contribution in [0.1, 0.15) is 44.2 Å². The van der Waals surface area contributed by atoms with Crippen LogP contribution in [0.4, 0.5) is 0 Å². The van der Waals surface area contributed by atoms with Crippen LogP contribution in [0.5, 0.6) is 5.75 Å². The van der Waals surface area contributed by atoms with E-state index in [9.17, 15) is 4.79 Å². The van der Waals surface area contributed by atoms with Crippen molar-refractivity contribution in [3.05, 3.63) is 29.3 Å². The molecular formula is C21H33N3O4. The van der Waals surface area contributed by atoms with Crippen molar-refractivity contribution >= 4 is 11.9 Å². The molecule has 1 aromatic carbocycles. The van der Waals surface area contributed by atoms with E-state index in [-0.39, 0.29) is 12.1 Å². The molecule has 1 heterocycles. The molecule has 0 aliphatic carbocycles. The molecule has 0 bridgehead atoms. The van der Waals surface area contributed by atoms with E-state index < -0.39 is 0 Å². The number of hydrogen-bond acceptors (Lipinski definition) is 5. The van der Waals surface area contributed by atoms with Gasteiger partial charge >= 0.3 is 5.97 Å². The molecule has 0 spiro atoms. The van der Waals surface area contributed by atoms with E-state index in [1.807, 2.05) is 13.8 Å². The highest BCUT2D eigenvalue weighted by Crippen LogP contribution is 2.24. The highest BCUT2D eigenvalue weighted by atomic mass is 16.5. The van der Waals surface area contributed by atoms with E-state index in [0.29, 0.717) is 39.1 Å². The maximum Gasteiger partial charge on any atom is 0.305 e. The molecule has 1 aromatic rings. The number of rotatable bonds is 10. The number of carbonyl (C=O) groups excluding carboxylic acids is 1. The van der Waals surface area contributed by atoms with Crippen LogP contribution in [0.3, 0.4) is 0 Å². The second-order valence-corrected chi connectivity index (χ2v) is 6.75. The summed E-state index contributed by atoms with van der Waals surface area (Å²) in [6, 6.07) is 6.19. The number of guanidine groups is 1. The Morgan fingerprint density at radius 1 is 1.32 bits per heavy atom. The number of nitrogens with zero attached hydrogens (tertiary/aromatic N) is 1. The smallest absolute Gasteiger partial charge is 0.305 e. The Morgan fingerprint density at radius 3 is 2.89 bits per heavy atom. The number of aliphatic imine (C=N–C) groups is 1. The highest BCUT2D eigenvalue weighted by Gasteiger charge is 2.18. The molecule has 0 aromatic heterocycles. The Balaban J connectivity index is 1.92. The van der Waals surface area contributed by atoms with Gasteiger partial charge in [0.2, 0.25) is 0 Å². The summed E-state index contributed by atoms with van der Waals surface area (Å²) in [4.78, 5) is 16.1. The molecule has 0 saturated carbocycles. The van der Waals surface area contributed by atoms with Gasteiger partial charge in [0.05, 0.1) is 26.4 Å². The van der Waals surface area contributed by atoms with Gasteiger partial charge in [0.1, 0.15) is 11.9 Å². The quantitative estimate of drug-likeness (QED) is 0.276. The first-order chi connectivity index (χ1) is 13.6. The molecule has 156 valence electrons. The van der Waals surface area contributed by atoms with Gasteiger partial charge < -0.3 is 24.8 Å². The first kappa shape index (κ1) is 22.0. The van der Waals surface area contributed by atoms with E-state index in [4.69, 9.17) is 14.2 Å². The topological polar surface area (TPSA) is 81.2 Å². The lowest BCUT2D eigenvalue weighted by atomic mass is 10.1. The fourth-order valence-corrected chi connectivity index (χ4v) is 2.87. The third kappa shape index (κ3) is 7.76. The summed E-state index contributed by atoms with van der Waals surface area (Å²) in [5.41, 5.74) is 2.20. The van der Waals surface area contributed by atoms with Gasteiger partial charge in [0, 0.05) is 31.5 Å². The van der Waals surface area contributed by atoms with E-state index >= 15 is 0 Å². The summed E-state index contributed by atoms with van der Waals surface area (Å²) < 4.78 is 16.5. The molecule has 28 heavy (non-hydrogen) atoms. The zero-order valence-electron chi connectivity index (χ0n) is 17.3. The number of esters is 1. The first-order valence-electron chi connectivity index (χ1n) is 10.1. The molecule has 0 radical (unpaired) electrons. The van der Waals surface area contributed by atoms with Gasteiger partial charge in [-0.2, -0.15) is 0 Å². The van der Waals surface area contributed by atoms with Crippen LogP contribution in [0, 0.1) is 6.92 Å². The molecule has 7 heteroatoms. The van der Waals surface area contributed by atoms with Crippen LogP contribution in [-0.2, 0) is 20.8 Å². The first-order valence-corrected chi connectivity index (χ1v) is 10.1. The van der Waals surface area contributed by atoms with Crippen molar-refractivity contribution in [3.63, 3.8) is 0 Å². The number of nitrogens with one attached hydrogen (secondary N) is 2. The van der Waals surface area contributed by atoms with Crippen LogP contribution >= 0.6 is 0 Å². The minimum Gasteiger partial charge on any atom is -0.488 e. The summed E-state index contributed by atoms with van der Waals surface area (Å²) in [7, 11) is 0. The third-order valence-corrected chi connectivity index (χ3v) is 4.31. The minimum atomic E-state index is -0.163. The maximum absolute atomic E-state index is 11.4. The maximum atomic E-state index is 11.4. The van der Waals surface area contributed by atoms with Crippen LogP contribution in [-0.4, -0.2) is 50.9 Å². The van der Waals surface area contributed by atoms with Gasteiger partial charge in [-0.1, -0.05) is 12.1 Å². The highest BCUT2D eigenvalue weighted by molar-refractivity contribution is 5.79. The minimum absolute atomic E-state index is 0.110. The number of aryl methyl sites for hydroxylation is 1. The summed E-state index contributed by atoms with van der Waals surface area (Å²) in [6.45, 7) is 9.64. The van der Waals surface area contributed by atoms with Gasteiger partial charge in [0.15, 0.2) is 5.96 Å². The number of hydrogen-bond donors (Lipinski definition) is 2. The normalized spacial score (nSPS) is 16.7. The summed E-state index contributed by atoms with van der Waals surface area (Å²) in [5.74, 6) is 1.43. The van der Waals surface area contributed by atoms with Gasteiger partial charge in [-0.25, -0.2) is 4.99 Å². The van der Waals surface area contributed by atoms with Crippen LogP contribution in [0.2, 0.25) is 0 Å². The second kappa shape index (κ2) is 12.2. The van der Waals surface area contributed by atoms with Crippen molar-refractivity contribution in [2.24, 2.45) is 4.99 Å². The molecule has 1 atom stereocenters.